The first-order valence-electron chi connectivity index (χ1n) is 4.40. The van der Waals surface area contributed by atoms with E-state index in [0.29, 0.717) is 12.4 Å². The summed E-state index contributed by atoms with van der Waals surface area (Å²) in [4.78, 5) is 8.05. The van der Waals surface area contributed by atoms with Gasteiger partial charge in [0.25, 0.3) is 0 Å². The summed E-state index contributed by atoms with van der Waals surface area (Å²) < 4.78 is 5.41. The molecule has 0 aromatic carbocycles. The van der Waals surface area contributed by atoms with Gasteiger partial charge >= 0.3 is 0 Å². The number of hydrogen-bond acceptors (Lipinski definition) is 4. The average Bonchev–Trinajstić information content (AvgIpc) is 2.04. The van der Waals surface area contributed by atoms with E-state index in [4.69, 9.17) is 10.5 Å². The van der Waals surface area contributed by atoms with Gasteiger partial charge < -0.3 is 10.5 Å². The Balaban J connectivity index is 2.67. The van der Waals surface area contributed by atoms with Crippen LogP contribution >= 0.6 is 0 Å². The van der Waals surface area contributed by atoms with Crippen molar-refractivity contribution >= 4 is 0 Å². The third kappa shape index (κ3) is 3.38. The van der Waals surface area contributed by atoms with E-state index in [9.17, 15) is 0 Å². The second-order valence-corrected chi connectivity index (χ2v) is 3.05. The summed E-state index contributed by atoms with van der Waals surface area (Å²) in [5.74, 6) is 0.619. The first-order chi connectivity index (χ1) is 6.22. The SMILES string of the molecule is CC(C)Oc1cc(CCN)ncn1. The van der Waals surface area contributed by atoms with Crippen molar-refractivity contribution in [1.82, 2.24) is 9.97 Å². The van der Waals surface area contributed by atoms with Crippen LogP contribution in [0.4, 0.5) is 0 Å². The largest absolute Gasteiger partial charge is 0.475 e. The molecule has 0 unspecified atom stereocenters. The summed E-state index contributed by atoms with van der Waals surface area (Å²) in [6.45, 7) is 4.52. The molecule has 0 saturated carbocycles. The van der Waals surface area contributed by atoms with Crippen LogP contribution in [0.5, 0.6) is 5.88 Å². The molecule has 72 valence electrons. The summed E-state index contributed by atoms with van der Waals surface area (Å²) in [6, 6.07) is 1.83. The maximum absolute atomic E-state index is 5.41. The van der Waals surface area contributed by atoms with Gasteiger partial charge in [-0.3, -0.25) is 0 Å². The lowest BCUT2D eigenvalue weighted by molar-refractivity contribution is 0.232. The minimum atomic E-state index is 0.139. The summed E-state index contributed by atoms with van der Waals surface area (Å²) in [6.07, 6.45) is 2.40. The number of ether oxygens (including phenoxy) is 1. The number of hydrogen-bond donors (Lipinski definition) is 1. The van der Waals surface area contributed by atoms with E-state index in [1.807, 2.05) is 19.9 Å². The zero-order valence-corrected chi connectivity index (χ0v) is 8.03. The highest BCUT2D eigenvalue weighted by molar-refractivity contribution is 5.13. The van der Waals surface area contributed by atoms with Crippen molar-refractivity contribution in [3.05, 3.63) is 18.1 Å². The molecule has 1 aromatic rings. The van der Waals surface area contributed by atoms with Gasteiger partial charge in [0.2, 0.25) is 5.88 Å². The first kappa shape index (κ1) is 9.92. The highest BCUT2D eigenvalue weighted by atomic mass is 16.5. The second kappa shape index (κ2) is 4.77. The quantitative estimate of drug-likeness (QED) is 0.745. The third-order valence-electron chi connectivity index (χ3n) is 1.46. The van der Waals surface area contributed by atoms with Crippen LogP contribution in [0.25, 0.3) is 0 Å². The highest BCUT2D eigenvalue weighted by Crippen LogP contribution is 2.08. The second-order valence-electron chi connectivity index (χ2n) is 3.05. The molecule has 0 radical (unpaired) electrons. The lowest BCUT2D eigenvalue weighted by atomic mass is 10.3. The molecule has 0 aliphatic heterocycles. The van der Waals surface area contributed by atoms with Gasteiger partial charge in [-0.25, -0.2) is 9.97 Å². The van der Waals surface area contributed by atoms with Gasteiger partial charge in [-0.1, -0.05) is 0 Å². The Morgan fingerprint density at radius 1 is 1.46 bits per heavy atom. The Morgan fingerprint density at radius 3 is 2.85 bits per heavy atom. The van der Waals surface area contributed by atoms with Crippen LogP contribution in [0.3, 0.4) is 0 Å². The molecule has 0 aliphatic rings. The number of nitrogens with two attached hydrogens (primary N) is 1. The molecule has 0 aliphatic carbocycles. The predicted molar refractivity (Wildman–Crippen MR) is 50.6 cm³/mol. The molecule has 1 aromatic heterocycles. The number of nitrogens with zero attached hydrogens (tertiary/aromatic N) is 2. The van der Waals surface area contributed by atoms with E-state index >= 15 is 0 Å². The van der Waals surface area contributed by atoms with Crippen molar-refractivity contribution in [1.29, 1.82) is 0 Å². The molecule has 0 fully saturated rings. The molecule has 0 spiro atoms. The van der Waals surface area contributed by atoms with Crippen LogP contribution < -0.4 is 10.5 Å². The van der Waals surface area contributed by atoms with Crippen molar-refractivity contribution in [3.63, 3.8) is 0 Å². The van der Waals surface area contributed by atoms with Gasteiger partial charge in [-0.15, -0.1) is 0 Å². The zero-order chi connectivity index (χ0) is 9.68. The topological polar surface area (TPSA) is 61.0 Å². The van der Waals surface area contributed by atoms with Crippen molar-refractivity contribution in [2.75, 3.05) is 6.54 Å². The van der Waals surface area contributed by atoms with E-state index in [1.54, 1.807) is 0 Å². The van der Waals surface area contributed by atoms with Crippen molar-refractivity contribution in [2.24, 2.45) is 5.73 Å². The van der Waals surface area contributed by atoms with E-state index < -0.39 is 0 Å². The van der Waals surface area contributed by atoms with Crippen LogP contribution in [0.1, 0.15) is 19.5 Å². The summed E-state index contributed by atoms with van der Waals surface area (Å²) in [7, 11) is 0. The minimum absolute atomic E-state index is 0.139. The highest BCUT2D eigenvalue weighted by Gasteiger charge is 2.00. The lowest BCUT2D eigenvalue weighted by Gasteiger charge is -2.08. The molecule has 0 bridgehead atoms. The average molecular weight is 181 g/mol. The first-order valence-corrected chi connectivity index (χ1v) is 4.40. The van der Waals surface area contributed by atoms with Crippen molar-refractivity contribution in [2.45, 2.75) is 26.4 Å². The van der Waals surface area contributed by atoms with Gasteiger partial charge in [0.15, 0.2) is 0 Å². The van der Waals surface area contributed by atoms with E-state index in [1.165, 1.54) is 6.33 Å². The van der Waals surface area contributed by atoms with Gasteiger partial charge in [0.1, 0.15) is 6.33 Å². The molecule has 1 rings (SSSR count). The monoisotopic (exact) mass is 181 g/mol. The standard InChI is InChI=1S/C9H15N3O/c1-7(2)13-9-5-8(3-4-10)11-6-12-9/h5-7H,3-4,10H2,1-2H3. The predicted octanol–water partition coefficient (Wildman–Crippen LogP) is 0.765. The Labute approximate surface area is 78.1 Å². The van der Waals surface area contributed by atoms with Crippen molar-refractivity contribution < 1.29 is 4.74 Å². The van der Waals surface area contributed by atoms with E-state index in [0.717, 1.165) is 12.1 Å². The summed E-state index contributed by atoms with van der Waals surface area (Å²) in [5, 5.41) is 0. The maximum Gasteiger partial charge on any atom is 0.216 e. The Hall–Kier alpha value is -1.16. The van der Waals surface area contributed by atoms with Crippen LogP contribution in [0, 0.1) is 0 Å². The van der Waals surface area contributed by atoms with Crippen LogP contribution in [0.2, 0.25) is 0 Å². The van der Waals surface area contributed by atoms with Gasteiger partial charge in [-0.2, -0.15) is 0 Å². The Morgan fingerprint density at radius 2 is 2.23 bits per heavy atom. The minimum Gasteiger partial charge on any atom is -0.475 e. The van der Waals surface area contributed by atoms with Crippen LogP contribution in [-0.2, 0) is 6.42 Å². The van der Waals surface area contributed by atoms with Crippen molar-refractivity contribution in [3.8, 4) is 5.88 Å². The molecule has 1 heterocycles. The lowest BCUT2D eigenvalue weighted by Crippen LogP contribution is -2.09. The van der Waals surface area contributed by atoms with Crippen LogP contribution in [0.15, 0.2) is 12.4 Å². The fraction of sp³-hybridized carbons (Fsp3) is 0.556. The smallest absolute Gasteiger partial charge is 0.216 e. The third-order valence-corrected chi connectivity index (χ3v) is 1.46. The molecule has 0 atom stereocenters. The molecule has 2 N–H and O–H groups in total. The Bertz CT molecular complexity index is 263. The molecule has 13 heavy (non-hydrogen) atoms. The Kier molecular flexibility index (Phi) is 3.64. The molecular weight excluding hydrogens is 166 g/mol. The molecule has 4 nitrogen and oxygen atoms in total. The van der Waals surface area contributed by atoms with Gasteiger partial charge in [0, 0.05) is 18.2 Å². The molecule has 0 saturated heterocycles. The fourth-order valence-corrected chi connectivity index (χ4v) is 0.968. The van der Waals surface area contributed by atoms with E-state index in [-0.39, 0.29) is 6.10 Å². The molecular formula is C9H15N3O. The van der Waals surface area contributed by atoms with Gasteiger partial charge in [-0.05, 0) is 20.4 Å². The fourth-order valence-electron chi connectivity index (χ4n) is 0.968. The normalized spacial score (nSPS) is 10.5. The summed E-state index contributed by atoms with van der Waals surface area (Å²) >= 11 is 0. The van der Waals surface area contributed by atoms with Gasteiger partial charge in [0.05, 0.1) is 6.10 Å². The number of aromatic nitrogens is 2. The zero-order valence-electron chi connectivity index (χ0n) is 8.03. The molecule has 4 heteroatoms. The maximum atomic E-state index is 5.41. The van der Waals surface area contributed by atoms with E-state index in [2.05, 4.69) is 9.97 Å². The number of rotatable bonds is 4. The molecule has 0 amide bonds. The van der Waals surface area contributed by atoms with Crippen LogP contribution in [-0.4, -0.2) is 22.6 Å². The summed E-state index contributed by atoms with van der Waals surface area (Å²) in [5.41, 5.74) is 6.33.